The molecule has 1 N–H and O–H groups in total. The van der Waals surface area contributed by atoms with Gasteiger partial charge in [-0.15, -0.1) is 0 Å². The highest BCUT2D eigenvalue weighted by Crippen LogP contribution is 2.31. The Morgan fingerprint density at radius 2 is 2.33 bits per heavy atom. The summed E-state index contributed by atoms with van der Waals surface area (Å²) in [5, 5.41) is 10.0. The summed E-state index contributed by atoms with van der Waals surface area (Å²) >= 11 is 0. The van der Waals surface area contributed by atoms with Gasteiger partial charge in [0.2, 0.25) is 0 Å². The van der Waals surface area contributed by atoms with Crippen molar-refractivity contribution in [3.63, 3.8) is 0 Å². The SMILES string of the molecule is OC1(c2ccccn2)C=CCC1. The largest absolute Gasteiger partial charge is 0.379 e. The molecule has 2 rings (SSSR count). The highest BCUT2D eigenvalue weighted by atomic mass is 16.3. The first kappa shape index (κ1) is 7.50. The fourth-order valence-electron chi connectivity index (χ4n) is 1.50. The topological polar surface area (TPSA) is 33.1 Å². The van der Waals surface area contributed by atoms with Crippen molar-refractivity contribution < 1.29 is 5.11 Å². The highest BCUT2D eigenvalue weighted by molar-refractivity contribution is 5.23. The number of hydrogen-bond acceptors (Lipinski definition) is 2. The quantitative estimate of drug-likeness (QED) is 0.635. The molecule has 0 radical (unpaired) electrons. The van der Waals surface area contributed by atoms with E-state index in [4.69, 9.17) is 0 Å². The van der Waals surface area contributed by atoms with E-state index < -0.39 is 5.60 Å². The lowest BCUT2D eigenvalue weighted by molar-refractivity contribution is 0.0848. The molecule has 62 valence electrons. The first-order valence-corrected chi connectivity index (χ1v) is 4.13. The Morgan fingerprint density at radius 3 is 2.92 bits per heavy atom. The van der Waals surface area contributed by atoms with E-state index in [-0.39, 0.29) is 0 Å². The van der Waals surface area contributed by atoms with Crippen LogP contribution in [0.25, 0.3) is 0 Å². The maximum absolute atomic E-state index is 10.0. The second-order valence-electron chi connectivity index (χ2n) is 3.08. The fraction of sp³-hybridized carbons (Fsp3) is 0.300. The van der Waals surface area contributed by atoms with Crippen LogP contribution < -0.4 is 0 Å². The van der Waals surface area contributed by atoms with Crippen molar-refractivity contribution in [2.45, 2.75) is 18.4 Å². The van der Waals surface area contributed by atoms with Crippen LogP contribution >= 0.6 is 0 Å². The highest BCUT2D eigenvalue weighted by Gasteiger charge is 2.29. The molecular formula is C10H11NO. The third-order valence-electron chi connectivity index (χ3n) is 2.19. The van der Waals surface area contributed by atoms with Crippen molar-refractivity contribution >= 4 is 0 Å². The monoisotopic (exact) mass is 161 g/mol. The first-order valence-electron chi connectivity index (χ1n) is 4.13. The Balaban J connectivity index is 2.36. The summed E-state index contributed by atoms with van der Waals surface area (Å²) in [5.74, 6) is 0. The molecule has 0 spiro atoms. The number of hydrogen-bond donors (Lipinski definition) is 1. The van der Waals surface area contributed by atoms with Crippen LogP contribution in [0.3, 0.4) is 0 Å². The summed E-state index contributed by atoms with van der Waals surface area (Å²) in [5.41, 5.74) is -0.0555. The number of aliphatic hydroxyl groups is 1. The molecule has 1 aliphatic carbocycles. The molecule has 0 fully saturated rings. The number of allylic oxidation sites excluding steroid dienone is 1. The molecule has 1 aromatic heterocycles. The van der Waals surface area contributed by atoms with Crippen LogP contribution in [0.2, 0.25) is 0 Å². The van der Waals surface area contributed by atoms with Gasteiger partial charge in [0.15, 0.2) is 0 Å². The maximum atomic E-state index is 10.0. The van der Waals surface area contributed by atoms with Gasteiger partial charge in [-0.1, -0.05) is 18.2 Å². The Labute approximate surface area is 71.6 Å². The molecule has 0 amide bonds. The van der Waals surface area contributed by atoms with Gasteiger partial charge in [-0.05, 0) is 25.0 Å². The summed E-state index contributed by atoms with van der Waals surface area (Å²) in [6.45, 7) is 0. The van der Waals surface area contributed by atoms with E-state index in [0.29, 0.717) is 0 Å². The van der Waals surface area contributed by atoms with Gasteiger partial charge < -0.3 is 5.11 Å². The average Bonchev–Trinajstić information content (AvgIpc) is 2.55. The van der Waals surface area contributed by atoms with Crippen LogP contribution in [0.1, 0.15) is 18.5 Å². The molecule has 1 unspecified atom stereocenters. The number of aromatic nitrogens is 1. The van der Waals surface area contributed by atoms with Crippen LogP contribution in [0.5, 0.6) is 0 Å². The van der Waals surface area contributed by atoms with Crippen LogP contribution in [0, 0.1) is 0 Å². The van der Waals surface area contributed by atoms with Gasteiger partial charge in [-0.3, -0.25) is 4.98 Å². The minimum Gasteiger partial charge on any atom is -0.379 e. The zero-order valence-corrected chi connectivity index (χ0v) is 6.77. The molecular weight excluding hydrogens is 150 g/mol. The molecule has 1 heterocycles. The van der Waals surface area contributed by atoms with Crippen molar-refractivity contribution in [3.8, 4) is 0 Å². The predicted molar refractivity (Wildman–Crippen MR) is 46.5 cm³/mol. The van der Waals surface area contributed by atoms with Crippen molar-refractivity contribution in [2.24, 2.45) is 0 Å². The van der Waals surface area contributed by atoms with Crippen molar-refractivity contribution in [1.82, 2.24) is 4.98 Å². The van der Waals surface area contributed by atoms with E-state index in [1.54, 1.807) is 6.20 Å². The summed E-state index contributed by atoms with van der Waals surface area (Å²) in [4.78, 5) is 4.13. The standard InChI is InChI=1S/C10H11NO/c12-10(6-2-3-7-10)9-5-1-4-8-11-9/h1-2,4-6,8,12H,3,7H2. The smallest absolute Gasteiger partial charge is 0.125 e. The normalized spacial score (nSPS) is 27.8. The van der Waals surface area contributed by atoms with Gasteiger partial charge in [0.05, 0.1) is 5.69 Å². The number of rotatable bonds is 1. The molecule has 1 atom stereocenters. The van der Waals surface area contributed by atoms with Crippen LogP contribution in [-0.4, -0.2) is 10.1 Å². The van der Waals surface area contributed by atoms with E-state index in [0.717, 1.165) is 18.5 Å². The molecule has 0 aromatic carbocycles. The lowest BCUT2D eigenvalue weighted by Crippen LogP contribution is -2.20. The van der Waals surface area contributed by atoms with E-state index in [1.807, 2.05) is 30.4 Å². The Hall–Kier alpha value is -1.15. The Morgan fingerprint density at radius 1 is 1.42 bits per heavy atom. The van der Waals surface area contributed by atoms with E-state index in [9.17, 15) is 5.11 Å². The third kappa shape index (κ3) is 1.14. The Bertz CT molecular complexity index is 294. The summed E-state index contributed by atoms with van der Waals surface area (Å²) in [7, 11) is 0. The lowest BCUT2D eigenvalue weighted by atomic mass is 9.99. The van der Waals surface area contributed by atoms with Crippen molar-refractivity contribution in [1.29, 1.82) is 0 Å². The minimum absolute atomic E-state index is 0.749. The molecule has 2 heteroatoms. The second-order valence-corrected chi connectivity index (χ2v) is 3.08. The molecule has 1 aromatic rings. The summed E-state index contributed by atoms with van der Waals surface area (Å²) < 4.78 is 0. The van der Waals surface area contributed by atoms with Gasteiger partial charge in [0.25, 0.3) is 0 Å². The molecule has 0 saturated carbocycles. The zero-order chi connectivity index (χ0) is 8.44. The molecule has 12 heavy (non-hydrogen) atoms. The van der Waals surface area contributed by atoms with E-state index in [1.165, 1.54) is 0 Å². The zero-order valence-electron chi connectivity index (χ0n) is 6.77. The predicted octanol–water partition coefficient (Wildman–Crippen LogP) is 1.62. The van der Waals surface area contributed by atoms with Crippen LogP contribution in [0.4, 0.5) is 0 Å². The molecule has 0 aliphatic heterocycles. The molecule has 2 nitrogen and oxygen atoms in total. The minimum atomic E-state index is -0.804. The fourth-order valence-corrected chi connectivity index (χ4v) is 1.50. The third-order valence-corrected chi connectivity index (χ3v) is 2.19. The number of nitrogens with zero attached hydrogens (tertiary/aromatic N) is 1. The van der Waals surface area contributed by atoms with Gasteiger partial charge in [0, 0.05) is 6.20 Å². The average molecular weight is 161 g/mol. The van der Waals surface area contributed by atoms with E-state index >= 15 is 0 Å². The van der Waals surface area contributed by atoms with Crippen molar-refractivity contribution in [3.05, 3.63) is 42.2 Å². The van der Waals surface area contributed by atoms with Gasteiger partial charge in [0.1, 0.15) is 5.60 Å². The van der Waals surface area contributed by atoms with Crippen LogP contribution in [0.15, 0.2) is 36.5 Å². The van der Waals surface area contributed by atoms with Crippen molar-refractivity contribution in [2.75, 3.05) is 0 Å². The molecule has 0 saturated heterocycles. The summed E-state index contributed by atoms with van der Waals surface area (Å²) in [6, 6.07) is 5.60. The Kier molecular flexibility index (Phi) is 1.70. The lowest BCUT2D eigenvalue weighted by Gasteiger charge is -2.18. The molecule has 1 aliphatic rings. The van der Waals surface area contributed by atoms with Gasteiger partial charge >= 0.3 is 0 Å². The first-order chi connectivity index (χ1) is 5.81. The summed E-state index contributed by atoms with van der Waals surface area (Å²) in [6.07, 6.45) is 7.22. The van der Waals surface area contributed by atoms with E-state index in [2.05, 4.69) is 4.98 Å². The van der Waals surface area contributed by atoms with Crippen LogP contribution in [-0.2, 0) is 5.60 Å². The van der Waals surface area contributed by atoms with Gasteiger partial charge in [-0.25, -0.2) is 0 Å². The number of pyridine rings is 1. The molecule has 0 bridgehead atoms. The second kappa shape index (κ2) is 2.72. The van der Waals surface area contributed by atoms with Gasteiger partial charge in [-0.2, -0.15) is 0 Å². The maximum Gasteiger partial charge on any atom is 0.125 e.